The van der Waals surface area contributed by atoms with Crippen LogP contribution in [0.25, 0.3) is 5.65 Å². The summed E-state index contributed by atoms with van der Waals surface area (Å²) < 4.78 is 14.9. The summed E-state index contributed by atoms with van der Waals surface area (Å²) in [5, 5.41) is 5.47. The first-order valence-electron chi connectivity index (χ1n) is 8.61. The molecule has 3 heterocycles. The van der Waals surface area contributed by atoms with Crippen LogP contribution < -0.4 is 10.9 Å². The van der Waals surface area contributed by atoms with Gasteiger partial charge in [-0.15, -0.1) is 11.3 Å². The average Bonchev–Trinajstić information content (AvgIpc) is 3.18. The lowest BCUT2D eigenvalue weighted by molar-refractivity contribution is 0.597. The van der Waals surface area contributed by atoms with E-state index in [1.807, 2.05) is 36.6 Å². The Morgan fingerprint density at radius 2 is 2.00 bits per heavy atom. The largest absolute Gasteiger partial charge is 0.300 e. The van der Waals surface area contributed by atoms with Crippen molar-refractivity contribution in [1.29, 1.82) is 0 Å². The molecule has 0 aliphatic heterocycles. The van der Waals surface area contributed by atoms with Crippen molar-refractivity contribution in [1.82, 2.24) is 14.7 Å². The number of hydrogen-bond acceptors (Lipinski definition) is 4. The van der Waals surface area contributed by atoms with Crippen LogP contribution in [0.3, 0.4) is 0 Å². The second kappa shape index (κ2) is 7.42. The number of fused-ring (bicyclic) bond motifs is 1. The molecule has 4 aromatic rings. The molecule has 0 fully saturated rings. The highest BCUT2D eigenvalue weighted by atomic mass is 32.1. The van der Waals surface area contributed by atoms with Crippen LogP contribution in [0.15, 0.2) is 71.0 Å². The molecule has 0 unspecified atom stereocenters. The first-order chi connectivity index (χ1) is 13.1. The van der Waals surface area contributed by atoms with Crippen molar-refractivity contribution < 1.29 is 4.39 Å². The van der Waals surface area contributed by atoms with Crippen LogP contribution in [-0.2, 0) is 6.54 Å². The van der Waals surface area contributed by atoms with E-state index < -0.39 is 0 Å². The van der Waals surface area contributed by atoms with Crippen LogP contribution in [0.2, 0.25) is 0 Å². The third-order valence-electron chi connectivity index (χ3n) is 4.38. The summed E-state index contributed by atoms with van der Waals surface area (Å²) in [7, 11) is 0. The van der Waals surface area contributed by atoms with E-state index in [2.05, 4.69) is 10.3 Å². The molecule has 0 amide bonds. The Hall–Kier alpha value is -2.83. The molecule has 1 N–H and O–H groups in total. The van der Waals surface area contributed by atoms with Gasteiger partial charge in [-0.05, 0) is 47.7 Å². The molecule has 3 aromatic heterocycles. The summed E-state index contributed by atoms with van der Waals surface area (Å²) in [6.07, 6.45) is 1.79. The highest BCUT2D eigenvalue weighted by Crippen LogP contribution is 2.26. The minimum atomic E-state index is -0.261. The highest BCUT2D eigenvalue weighted by Gasteiger charge is 2.15. The third kappa shape index (κ3) is 3.82. The molecule has 0 radical (unpaired) electrons. The van der Waals surface area contributed by atoms with E-state index in [0.717, 1.165) is 16.0 Å². The van der Waals surface area contributed by atoms with Gasteiger partial charge in [0.05, 0.1) is 11.7 Å². The Morgan fingerprint density at radius 3 is 2.74 bits per heavy atom. The van der Waals surface area contributed by atoms with E-state index in [9.17, 15) is 9.18 Å². The van der Waals surface area contributed by atoms with Gasteiger partial charge in [0.25, 0.3) is 5.56 Å². The molecular formula is C21H18FN3OS. The van der Waals surface area contributed by atoms with Crippen LogP contribution >= 0.6 is 11.3 Å². The van der Waals surface area contributed by atoms with Crippen LogP contribution in [0.1, 0.15) is 27.7 Å². The van der Waals surface area contributed by atoms with Gasteiger partial charge < -0.3 is 0 Å². The van der Waals surface area contributed by atoms with E-state index in [0.29, 0.717) is 17.9 Å². The predicted octanol–water partition coefficient (Wildman–Crippen LogP) is 4.08. The first kappa shape index (κ1) is 17.6. The van der Waals surface area contributed by atoms with Crippen molar-refractivity contribution in [2.45, 2.75) is 19.5 Å². The Balaban J connectivity index is 1.63. The number of rotatable bonds is 5. The van der Waals surface area contributed by atoms with Crippen LogP contribution in [0.5, 0.6) is 0 Å². The van der Waals surface area contributed by atoms with Gasteiger partial charge in [0.1, 0.15) is 11.5 Å². The Bertz CT molecular complexity index is 1120. The van der Waals surface area contributed by atoms with Gasteiger partial charge in [-0.3, -0.25) is 14.5 Å². The summed E-state index contributed by atoms with van der Waals surface area (Å²) in [6.45, 7) is 2.37. The number of nitrogens with one attached hydrogen (secondary N) is 1. The maximum Gasteiger partial charge on any atom is 0.258 e. The van der Waals surface area contributed by atoms with Crippen molar-refractivity contribution in [3.8, 4) is 0 Å². The number of thiophene rings is 1. The number of nitrogens with zero attached hydrogens (tertiary/aromatic N) is 2. The SMILES string of the molecule is Cc1ccc2nc(CN[C@H](c3ccc(F)cc3)c3cccs3)cc(=O)n2c1. The molecule has 0 saturated heterocycles. The van der Waals surface area contributed by atoms with Gasteiger partial charge in [0.15, 0.2) is 0 Å². The van der Waals surface area contributed by atoms with Crippen LogP contribution in [0.4, 0.5) is 4.39 Å². The second-order valence-corrected chi connectivity index (χ2v) is 7.38. The highest BCUT2D eigenvalue weighted by molar-refractivity contribution is 7.10. The van der Waals surface area contributed by atoms with E-state index in [-0.39, 0.29) is 17.4 Å². The fraction of sp³-hybridized carbons (Fsp3) is 0.143. The third-order valence-corrected chi connectivity index (χ3v) is 5.32. The zero-order chi connectivity index (χ0) is 18.8. The summed E-state index contributed by atoms with van der Waals surface area (Å²) in [4.78, 5) is 18.1. The van der Waals surface area contributed by atoms with Gasteiger partial charge in [0, 0.05) is 23.7 Å². The molecule has 27 heavy (non-hydrogen) atoms. The van der Waals surface area contributed by atoms with Gasteiger partial charge >= 0.3 is 0 Å². The molecule has 0 spiro atoms. The van der Waals surface area contributed by atoms with Crippen molar-refractivity contribution in [3.05, 3.63) is 104 Å². The Labute approximate surface area is 160 Å². The van der Waals surface area contributed by atoms with Gasteiger partial charge in [-0.25, -0.2) is 9.37 Å². The van der Waals surface area contributed by atoms with Crippen molar-refractivity contribution >= 4 is 17.0 Å². The zero-order valence-corrected chi connectivity index (χ0v) is 15.5. The fourth-order valence-corrected chi connectivity index (χ4v) is 3.88. The molecule has 4 rings (SSSR count). The maximum absolute atomic E-state index is 13.3. The number of pyridine rings is 1. The molecule has 1 atom stereocenters. The zero-order valence-electron chi connectivity index (χ0n) is 14.7. The summed E-state index contributed by atoms with van der Waals surface area (Å²) >= 11 is 1.63. The van der Waals surface area contributed by atoms with Gasteiger partial charge in [0.2, 0.25) is 0 Å². The monoisotopic (exact) mass is 379 g/mol. The smallest absolute Gasteiger partial charge is 0.258 e. The molecular weight excluding hydrogens is 361 g/mol. The maximum atomic E-state index is 13.3. The lowest BCUT2D eigenvalue weighted by Crippen LogP contribution is -2.24. The Morgan fingerprint density at radius 1 is 1.19 bits per heavy atom. The van der Waals surface area contributed by atoms with Crippen molar-refractivity contribution in [2.75, 3.05) is 0 Å². The lowest BCUT2D eigenvalue weighted by atomic mass is 10.1. The Kier molecular flexibility index (Phi) is 4.83. The first-order valence-corrected chi connectivity index (χ1v) is 9.49. The molecule has 0 aliphatic carbocycles. The number of hydrogen-bond donors (Lipinski definition) is 1. The summed E-state index contributed by atoms with van der Waals surface area (Å²) in [5.74, 6) is -0.261. The molecule has 0 bridgehead atoms. The van der Waals surface area contributed by atoms with E-state index in [1.165, 1.54) is 12.1 Å². The van der Waals surface area contributed by atoms with E-state index >= 15 is 0 Å². The van der Waals surface area contributed by atoms with E-state index in [1.54, 1.807) is 40.1 Å². The summed E-state index contributed by atoms with van der Waals surface area (Å²) in [5.41, 5.74) is 3.17. The molecule has 136 valence electrons. The minimum absolute atomic E-state index is 0.0936. The molecule has 1 aromatic carbocycles. The molecule has 0 aliphatic rings. The standard InChI is InChI=1S/C21H18FN3OS/c1-14-4-9-19-24-17(11-20(26)25(19)13-14)12-23-21(18-3-2-10-27-18)15-5-7-16(22)8-6-15/h2-11,13,21,23H,12H2,1H3/t21-/m1/s1. The minimum Gasteiger partial charge on any atom is -0.300 e. The average molecular weight is 379 g/mol. The normalized spacial score (nSPS) is 12.4. The molecule has 0 saturated carbocycles. The number of aromatic nitrogens is 2. The second-order valence-electron chi connectivity index (χ2n) is 6.40. The topological polar surface area (TPSA) is 46.4 Å². The number of aryl methyl sites for hydroxylation is 1. The van der Waals surface area contributed by atoms with Crippen LogP contribution in [-0.4, -0.2) is 9.38 Å². The molecule has 4 nitrogen and oxygen atoms in total. The van der Waals surface area contributed by atoms with Gasteiger partial charge in [-0.1, -0.05) is 24.3 Å². The predicted molar refractivity (Wildman–Crippen MR) is 106 cm³/mol. The van der Waals surface area contributed by atoms with Crippen molar-refractivity contribution in [3.63, 3.8) is 0 Å². The molecule has 6 heteroatoms. The van der Waals surface area contributed by atoms with Crippen molar-refractivity contribution in [2.24, 2.45) is 0 Å². The lowest BCUT2D eigenvalue weighted by Gasteiger charge is -2.18. The van der Waals surface area contributed by atoms with E-state index in [4.69, 9.17) is 0 Å². The van der Waals surface area contributed by atoms with Gasteiger partial charge in [-0.2, -0.15) is 0 Å². The fourth-order valence-electron chi connectivity index (χ4n) is 3.05. The number of benzene rings is 1. The quantitative estimate of drug-likeness (QED) is 0.568. The summed E-state index contributed by atoms with van der Waals surface area (Å²) in [6, 6.07) is 15.7. The number of halogens is 1. The van der Waals surface area contributed by atoms with Crippen LogP contribution in [0, 0.1) is 12.7 Å².